The molecule has 0 aromatic carbocycles. The van der Waals surface area contributed by atoms with Crippen molar-refractivity contribution in [2.24, 2.45) is 0 Å². The van der Waals surface area contributed by atoms with Crippen LogP contribution in [0.3, 0.4) is 0 Å². The first-order chi connectivity index (χ1) is 11.8. The molecule has 0 unspecified atom stereocenters. The van der Waals surface area contributed by atoms with Crippen LogP contribution in [-0.2, 0) is 9.59 Å². The van der Waals surface area contributed by atoms with Crippen molar-refractivity contribution >= 4 is 44.4 Å². The number of carbonyl (C=O) groups excluding carboxylic acids is 3. The molecule has 0 saturated carbocycles. The van der Waals surface area contributed by atoms with Crippen LogP contribution in [0.25, 0.3) is 0 Å². The van der Waals surface area contributed by atoms with E-state index in [-0.39, 0.29) is 26.9 Å². The fraction of sp³-hybridized carbons (Fsp3) is 0.842. The average molecular weight is 426 g/mol. The number of carbonyl (C=O) groups is 3. The maximum absolute atomic E-state index is 14.1. The molecule has 153 valence electrons. The van der Waals surface area contributed by atoms with E-state index in [1.807, 2.05) is 6.55 Å². The predicted molar refractivity (Wildman–Crippen MR) is 117 cm³/mol. The summed E-state index contributed by atoms with van der Waals surface area (Å²) in [5.41, 5.74) is 0. The number of hydrogen-bond acceptors (Lipinski definition) is 3. The Labute approximate surface area is 170 Å². The van der Waals surface area contributed by atoms with E-state index in [4.69, 9.17) is 0 Å². The zero-order chi connectivity index (χ0) is 21.7. The highest BCUT2D eigenvalue weighted by atomic mass is 28.3. The van der Waals surface area contributed by atoms with Crippen molar-refractivity contribution in [2.75, 3.05) is 0 Å². The van der Waals surface area contributed by atoms with Crippen LogP contribution in [0.15, 0.2) is 0 Å². The summed E-state index contributed by atoms with van der Waals surface area (Å²) in [7, 11) is -4.44. The fourth-order valence-corrected chi connectivity index (χ4v) is 13.5. The molecule has 1 fully saturated rings. The van der Waals surface area contributed by atoms with Crippen molar-refractivity contribution in [3.63, 3.8) is 0 Å². The van der Waals surface area contributed by atoms with Gasteiger partial charge in [0.25, 0.3) is 0 Å². The molecule has 3 radical (unpaired) electrons. The lowest BCUT2D eigenvalue weighted by atomic mass is 10.2. The zero-order valence-electron chi connectivity index (χ0n) is 19.2. The van der Waals surface area contributed by atoms with Gasteiger partial charge in [0.15, 0.2) is 8.96 Å². The van der Waals surface area contributed by atoms with E-state index < -0.39 is 37.2 Å². The van der Waals surface area contributed by atoms with Gasteiger partial charge in [-0.05, 0) is 15.1 Å². The number of amides is 4. The van der Waals surface area contributed by atoms with Crippen molar-refractivity contribution in [1.82, 2.24) is 9.88 Å². The van der Waals surface area contributed by atoms with Gasteiger partial charge < -0.3 is 0 Å². The van der Waals surface area contributed by atoms with Gasteiger partial charge in [-0.3, -0.25) is 19.5 Å². The molecule has 0 aliphatic carbocycles. The lowest BCUT2D eigenvalue weighted by Crippen LogP contribution is -2.73. The van der Waals surface area contributed by atoms with E-state index in [1.54, 1.807) is 0 Å². The van der Waals surface area contributed by atoms with Gasteiger partial charge >= 0.3 is 6.03 Å². The maximum Gasteiger partial charge on any atom is 0.322 e. The summed E-state index contributed by atoms with van der Waals surface area (Å²) in [6, 6.07) is -0.528. The van der Waals surface area contributed by atoms with Gasteiger partial charge in [-0.1, -0.05) is 82.0 Å². The summed E-state index contributed by atoms with van der Waals surface area (Å²) in [5, 5.41) is 2.14. The quantitative estimate of drug-likeness (QED) is 0.530. The molecule has 0 atom stereocenters. The highest BCUT2D eigenvalue weighted by Gasteiger charge is 2.65. The highest BCUT2D eigenvalue weighted by molar-refractivity contribution is 6.95. The first-order valence-corrected chi connectivity index (χ1v) is 15.5. The lowest BCUT2D eigenvalue weighted by Gasteiger charge is -2.53. The van der Waals surface area contributed by atoms with E-state index in [9.17, 15) is 14.4 Å². The zero-order valence-corrected chi connectivity index (χ0v) is 22.2. The van der Waals surface area contributed by atoms with Gasteiger partial charge in [0, 0.05) is 0 Å². The summed E-state index contributed by atoms with van der Waals surface area (Å²) in [4.78, 5) is 40.2. The van der Waals surface area contributed by atoms with Gasteiger partial charge in [0.2, 0.25) is 11.8 Å². The third-order valence-corrected chi connectivity index (χ3v) is 19.2. The minimum atomic E-state index is -1.50. The minimum Gasteiger partial charge on any atom is -0.293 e. The van der Waals surface area contributed by atoms with Crippen LogP contribution in [0.4, 0.5) is 4.79 Å². The van der Waals surface area contributed by atoms with Crippen molar-refractivity contribution < 1.29 is 14.4 Å². The van der Waals surface area contributed by atoms with Crippen molar-refractivity contribution in [3.8, 4) is 0 Å². The second-order valence-electron chi connectivity index (χ2n) is 10.7. The van der Waals surface area contributed by atoms with Gasteiger partial charge in [-0.25, -0.2) is 4.79 Å². The Morgan fingerprint density at radius 2 is 1.11 bits per heavy atom. The Morgan fingerprint density at radius 1 is 0.741 bits per heavy atom. The SMILES string of the molecule is C[Si](N1C(=O)NC(=O)C([Si](C)C(C)(C)C)([Si](C)C(C)(C)C)C1=O)C(C)(C)C. The maximum atomic E-state index is 14.1. The van der Waals surface area contributed by atoms with Crippen LogP contribution in [0.2, 0.25) is 39.4 Å². The Morgan fingerprint density at radius 3 is 1.41 bits per heavy atom. The van der Waals surface area contributed by atoms with Crippen LogP contribution in [0, 0.1) is 0 Å². The van der Waals surface area contributed by atoms with Gasteiger partial charge in [-0.2, -0.15) is 0 Å². The fourth-order valence-electron chi connectivity index (χ4n) is 3.31. The average Bonchev–Trinajstić information content (AvgIpc) is 2.43. The number of nitrogens with zero attached hydrogens (tertiary/aromatic N) is 1. The molecule has 0 bridgehead atoms. The highest BCUT2D eigenvalue weighted by Crippen LogP contribution is 2.53. The molecule has 0 aromatic heterocycles. The molecule has 1 saturated heterocycles. The van der Waals surface area contributed by atoms with Crippen molar-refractivity contribution in [3.05, 3.63) is 0 Å². The first kappa shape index (κ1) is 24.3. The third kappa shape index (κ3) is 4.17. The van der Waals surface area contributed by atoms with E-state index in [1.165, 1.54) is 4.57 Å². The van der Waals surface area contributed by atoms with E-state index in [2.05, 4.69) is 80.7 Å². The van der Waals surface area contributed by atoms with Crippen molar-refractivity contribution in [1.29, 1.82) is 0 Å². The minimum absolute atomic E-state index is 0.150. The number of barbiturate groups is 1. The number of imide groups is 2. The van der Waals surface area contributed by atoms with Crippen LogP contribution in [-0.4, -0.2) is 49.0 Å². The topological polar surface area (TPSA) is 66.5 Å². The molecular formula is C19H37N2O3Si3. The summed E-state index contributed by atoms with van der Waals surface area (Å²) >= 11 is 0. The second kappa shape index (κ2) is 7.26. The molecule has 1 N–H and O–H groups in total. The molecule has 1 rings (SSSR count). The summed E-state index contributed by atoms with van der Waals surface area (Å²) in [6.07, 6.45) is 0. The van der Waals surface area contributed by atoms with E-state index in [0.29, 0.717) is 0 Å². The van der Waals surface area contributed by atoms with E-state index in [0.717, 1.165) is 0 Å². The molecule has 5 nitrogen and oxygen atoms in total. The van der Waals surface area contributed by atoms with Crippen LogP contribution in [0.1, 0.15) is 62.3 Å². The van der Waals surface area contributed by atoms with Gasteiger partial charge in [0.05, 0.1) is 17.6 Å². The van der Waals surface area contributed by atoms with Gasteiger partial charge in [-0.15, -0.1) is 0 Å². The summed E-state index contributed by atoms with van der Waals surface area (Å²) in [6.45, 7) is 25.1. The monoisotopic (exact) mass is 425 g/mol. The molecule has 1 aliphatic heterocycles. The normalized spacial score (nSPS) is 19.4. The van der Waals surface area contributed by atoms with Gasteiger partial charge in [0.1, 0.15) is 4.66 Å². The Hall–Kier alpha value is -0.739. The van der Waals surface area contributed by atoms with Crippen LogP contribution >= 0.6 is 0 Å². The number of rotatable bonds is 3. The molecule has 0 aromatic rings. The molecule has 27 heavy (non-hydrogen) atoms. The van der Waals surface area contributed by atoms with E-state index >= 15 is 0 Å². The Bertz CT molecular complexity index is 610. The number of nitrogens with one attached hydrogen (secondary N) is 1. The number of hydrogen-bond donors (Lipinski definition) is 1. The second-order valence-corrected chi connectivity index (χ2v) is 21.4. The smallest absolute Gasteiger partial charge is 0.293 e. The van der Waals surface area contributed by atoms with Crippen molar-refractivity contribution in [2.45, 2.75) is 102 Å². The number of urea groups is 1. The predicted octanol–water partition coefficient (Wildman–Crippen LogP) is 4.62. The molecular weight excluding hydrogens is 388 g/mol. The molecule has 8 heteroatoms. The van der Waals surface area contributed by atoms with Crippen LogP contribution in [0.5, 0.6) is 0 Å². The summed E-state index contributed by atoms with van der Waals surface area (Å²) in [5.74, 6) is -0.574. The van der Waals surface area contributed by atoms with Crippen LogP contribution < -0.4 is 5.32 Å². The molecule has 1 heterocycles. The third-order valence-electron chi connectivity index (χ3n) is 6.08. The largest absolute Gasteiger partial charge is 0.322 e. The Kier molecular flexibility index (Phi) is 6.53. The summed E-state index contributed by atoms with van der Waals surface area (Å²) < 4.78 is 0.378. The molecule has 1 aliphatic rings. The lowest BCUT2D eigenvalue weighted by molar-refractivity contribution is -0.135. The molecule has 4 amide bonds. The first-order valence-electron chi connectivity index (χ1n) is 9.53. The molecule has 0 spiro atoms. The Balaban J connectivity index is 3.77. The standard InChI is InChI=1S/C19H37N2O3Si3/c1-16(2,3)25(10)19(26(11)17(4,5)6)13(22)20-15(24)21(14(19)23)27(12)18(7,8)9/h1-12H3,(H,20,22,24).